The molecule has 5 nitrogen and oxygen atoms in total. The molecule has 0 saturated carbocycles. The van der Waals surface area contributed by atoms with Gasteiger partial charge < -0.3 is 14.8 Å². The molecule has 2 aromatic carbocycles. The van der Waals surface area contributed by atoms with Gasteiger partial charge in [-0.1, -0.05) is 30.3 Å². The number of amides is 1. The second-order valence-corrected chi connectivity index (χ2v) is 8.10. The number of methoxy groups -OCH3 is 1. The average Bonchev–Trinajstić information content (AvgIpc) is 3.03. The fraction of sp³-hybridized carbons (Fsp3) is 0.143. The van der Waals surface area contributed by atoms with Crippen molar-refractivity contribution in [1.82, 2.24) is 5.32 Å². The molecular weight excluding hydrogens is 428 g/mol. The lowest BCUT2D eigenvalue weighted by Crippen LogP contribution is -2.33. The van der Waals surface area contributed by atoms with Crippen LogP contribution in [0.1, 0.15) is 16.6 Å². The number of halogens is 1. The summed E-state index contributed by atoms with van der Waals surface area (Å²) in [5.74, 6) is 0.929. The molecule has 8 heteroatoms. The highest BCUT2D eigenvalue weighted by atomic mass is 35.5. The van der Waals surface area contributed by atoms with E-state index in [9.17, 15) is 4.79 Å². The average molecular weight is 447 g/mol. The number of nitrogens with one attached hydrogen (secondary N) is 2. The quantitative estimate of drug-likeness (QED) is 0.378. The SMILES string of the molecule is C=C(C)COc1ccccc1NC(=S)NC(=O)c1sc2cc(OC)ccc2c1Cl. The largest absolute Gasteiger partial charge is 0.497 e. The molecule has 0 aliphatic heterocycles. The molecule has 29 heavy (non-hydrogen) atoms. The maximum atomic E-state index is 12.7. The number of carbonyl (C=O) groups excluding carboxylic acids is 1. The molecule has 0 unspecified atom stereocenters. The molecule has 0 spiro atoms. The predicted molar refractivity (Wildman–Crippen MR) is 124 cm³/mol. The van der Waals surface area contributed by atoms with E-state index in [0.29, 0.717) is 33.7 Å². The number of carbonyl (C=O) groups is 1. The van der Waals surface area contributed by atoms with Crippen molar-refractivity contribution in [3.8, 4) is 11.5 Å². The standard InChI is InChI=1S/C21H19ClN2O3S2/c1-12(2)11-27-16-7-5-4-6-15(16)23-21(28)24-20(25)19-18(22)14-9-8-13(26-3)10-17(14)29-19/h4-10H,1,11H2,2-3H3,(H2,23,24,25,28). The van der Waals surface area contributed by atoms with Crippen LogP contribution >= 0.6 is 35.2 Å². The summed E-state index contributed by atoms with van der Waals surface area (Å²) in [5.41, 5.74) is 1.54. The van der Waals surface area contributed by atoms with E-state index in [-0.39, 0.29) is 11.0 Å². The molecule has 150 valence electrons. The molecule has 2 N–H and O–H groups in total. The zero-order valence-corrected chi connectivity index (χ0v) is 18.3. The van der Waals surface area contributed by atoms with Gasteiger partial charge in [0.05, 0.1) is 17.8 Å². The molecule has 0 saturated heterocycles. The first kappa shape index (κ1) is 21.1. The minimum atomic E-state index is -0.381. The number of hydrogen-bond donors (Lipinski definition) is 2. The fourth-order valence-corrected chi connectivity index (χ4v) is 4.17. The fourth-order valence-electron chi connectivity index (χ4n) is 2.53. The first-order valence-electron chi connectivity index (χ1n) is 8.63. The number of anilines is 1. The Hall–Kier alpha value is -2.61. The lowest BCUT2D eigenvalue weighted by Gasteiger charge is -2.14. The van der Waals surface area contributed by atoms with Crippen molar-refractivity contribution in [1.29, 1.82) is 0 Å². The van der Waals surface area contributed by atoms with Crippen LogP contribution < -0.4 is 20.1 Å². The van der Waals surface area contributed by atoms with Crippen LogP contribution in [0.5, 0.6) is 11.5 Å². The third-order valence-corrected chi connectivity index (χ3v) is 5.74. The number of benzene rings is 2. The Kier molecular flexibility index (Phi) is 6.74. The summed E-state index contributed by atoms with van der Waals surface area (Å²) in [6.07, 6.45) is 0. The molecular formula is C21H19ClN2O3S2. The Morgan fingerprint density at radius 2 is 2.03 bits per heavy atom. The van der Waals surface area contributed by atoms with Crippen LogP contribution in [0.25, 0.3) is 10.1 Å². The van der Waals surface area contributed by atoms with E-state index in [2.05, 4.69) is 17.2 Å². The number of hydrogen-bond acceptors (Lipinski definition) is 5. The van der Waals surface area contributed by atoms with Crippen molar-refractivity contribution < 1.29 is 14.3 Å². The maximum Gasteiger partial charge on any atom is 0.269 e. The summed E-state index contributed by atoms with van der Waals surface area (Å²) >= 11 is 13.0. The van der Waals surface area contributed by atoms with Gasteiger partial charge in [-0.3, -0.25) is 10.1 Å². The van der Waals surface area contributed by atoms with Gasteiger partial charge in [0.1, 0.15) is 23.0 Å². The van der Waals surface area contributed by atoms with E-state index >= 15 is 0 Å². The minimum Gasteiger partial charge on any atom is -0.497 e. The first-order valence-corrected chi connectivity index (χ1v) is 10.2. The Balaban J connectivity index is 1.73. The normalized spacial score (nSPS) is 10.4. The van der Waals surface area contributed by atoms with Crippen molar-refractivity contribution in [3.05, 3.63) is 64.5 Å². The summed E-state index contributed by atoms with van der Waals surface area (Å²) in [4.78, 5) is 13.1. The van der Waals surface area contributed by atoms with E-state index in [1.54, 1.807) is 13.2 Å². The van der Waals surface area contributed by atoms with Gasteiger partial charge in [0.25, 0.3) is 5.91 Å². The zero-order chi connectivity index (χ0) is 21.0. The topological polar surface area (TPSA) is 59.6 Å². The Labute approximate surface area is 183 Å². The second kappa shape index (κ2) is 9.26. The Morgan fingerprint density at radius 3 is 2.76 bits per heavy atom. The van der Waals surface area contributed by atoms with Gasteiger partial charge in [0.15, 0.2) is 5.11 Å². The summed E-state index contributed by atoms with van der Waals surface area (Å²) in [5, 5.41) is 6.99. The van der Waals surface area contributed by atoms with Gasteiger partial charge in [0.2, 0.25) is 0 Å². The number of ether oxygens (including phenoxy) is 2. The zero-order valence-electron chi connectivity index (χ0n) is 15.9. The number of para-hydroxylation sites is 2. The van der Waals surface area contributed by atoms with Gasteiger partial charge in [0, 0.05) is 10.1 Å². The molecule has 3 rings (SSSR count). The van der Waals surface area contributed by atoms with Crippen LogP contribution in [0.2, 0.25) is 5.02 Å². The summed E-state index contributed by atoms with van der Waals surface area (Å²) in [6.45, 7) is 6.09. The second-order valence-electron chi connectivity index (χ2n) is 6.26. The molecule has 0 bridgehead atoms. The molecule has 0 radical (unpaired) electrons. The summed E-state index contributed by atoms with van der Waals surface area (Å²) < 4.78 is 11.8. The van der Waals surface area contributed by atoms with E-state index in [1.807, 2.05) is 43.3 Å². The lowest BCUT2D eigenvalue weighted by atomic mass is 10.2. The van der Waals surface area contributed by atoms with Crippen molar-refractivity contribution >= 4 is 61.9 Å². The van der Waals surface area contributed by atoms with Crippen LogP contribution in [0.4, 0.5) is 5.69 Å². The van der Waals surface area contributed by atoms with E-state index in [1.165, 1.54) is 11.3 Å². The Morgan fingerprint density at radius 1 is 1.28 bits per heavy atom. The lowest BCUT2D eigenvalue weighted by molar-refractivity contribution is 0.0982. The highest BCUT2D eigenvalue weighted by molar-refractivity contribution is 7.80. The Bertz CT molecular complexity index is 1090. The monoisotopic (exact) mass is 446 g/mol. The minimum absolute atomic E-state index is 0.146. The van der Waals surface area contributed by atoms with Gasteiger partial charge in [-0.25, -0.2) is 0 Å². The van der Waals surface area contributed by atoms with Crippen molar-refractivity contribution in [2.45, 2.75) is 6.92 Å². The van der Waals surface area contributed by atoms with Crippen LogP contribution in [-0.4, -0.2) is 24.7 Å². The number of fused-ring (bicyclic) bond motifs is 1. The highest BCUT2D eigenvalue weighted by Gasteiger charge is 2.19. The summed E-state index contributed by atoms with van der Waals surface area (Å²) in [6, 6.07) is 12.8. The van der Waals surface area contributed by atoms with Crippen LogP contribution in [0, 0.1) is 0 Å². The number of thiophene rings is 1. The predicted octanol–water partition coefficient (Wildman–Crippen LogP) is 5.65. The molecule has 1 heterocycles. The van der Waals surface area contributed by atoms with Crippen LogP contribution in [0.15, 0.2) is 54.6 Å². The molecule has 0 fully saturated rings. The van der Waals surface area contributed by atoms with Crippen molar-refractivity contribution in [3.63, 3.8) is 0 Å². The van der Waals surface area contributed by atoms with Crippen LogP contribution in [-0.2, 0) is 0 Å². The number of thiocarbonyl (C=S) groups is 1. The van der Waals surface area contributed by atoms with Gasteiger partial charge >= 0.3 is 0 Å². The molecule has 0 aliphatic carbocycles. The number of rotatable bonds is 6. The molecule has 3 aromatic rings. The third-order valence-electron chi connectivity index (χ3n) is 3.88. The van der Waals surface area contributed by atoms with Crippen molar-refractivity contribution in [2.24, 2.45) is 0 Å². The highest BCUT2D eigenvalue weighted by Crippen LogP contribution is 2.37. The van der Waals surface area contributed by atoms with E-state index < -0.39 is 0 Å². The maximum absolute atomic E-state index is 12.7. The van der Waals surface area contributed by atoms with Gasteiger partial charge in [-0.05, 0) is 55.0 Å². The molecule has 1 amide bonds. The van der Waals surface area contributed by atoms with Crippen LogP contribution in [0.3, 0.4) is 0 Å². The van der Waals surface area contributed by atoms with Gasteiger partial charge in [-0.2, -0.15) is 0 Å². The van der Waals surface area contributed by atoms with E-state index in [0.717, 1.165) is 15.7 Å². The summed E-state index contributed by atoms with van der Waals surface area (Å²) in [7, 11) is 1.59. The third kappa shape index (κ3) is 5.06. The molecule has 0 atom stereocenters. The van der Waals surface area contributed by atoms with Gasteiger partial charge in [-0.15, -0.1) is 11.3 Å². The molecule has 0 aliphatic rings. The van der Waals surface area contributed by atoms with E-state index in [4.69, 9.17) is 33.3 Å². The van der Waals surface area contributed by atoms with Crippen molar-refractivity contribution in [2.75, 3.05) is 19.0 Å². The molecule has 1 aromatic heterocycles. The first-order chi connectivity index (χ1) is 13.9. The smallest absolute Gasteiger partial charge is 0.269 e.